The molecule has 2 aliphatic heterocycles. The molecule has 0 aliphatic carbocycles. The summed E-state index contributed by atoms with van der Waals surface area (Å²) in [6, 6.07) is 39.8. The Hall–Kier alpha value is -5.53. The molecule has 0 radical (unpaired) electrons. The molecule has 2 aromatic heterocycles. The molecule has 0 N–H and O–H groups in total. The third-order valence-corrected chi connectivity index (χ3v) is 13.1. The van der Waals surface area contributed by atoms with Crippen LogP contribution in [0.5, 0.6) is 0 Å². The molecule has 10 rings (SSSR count). The van der Waals surface area contributed by atoms with E-state index in [1.165, 1.54) is 93.6 Å². The van der Waals surface area contributed by atoms with Crippen LogP contribution < -0.4 is 16.4 Å². The van der Waals surface area contributed by atoms with Gasteiger partial charge in [0.1, 0.15) is 0 Å². The second-order valence-electron chi connectivity index (χ2n) is 21.1. The molecule has 282 valence electrons. The number of fused-ring (bicyclic) bond motifs is 10. The smallest absolute Gasteiger partial charge is 0.252 e. The van der Waals surface area contributed by atoms with Crippen molar-refractivity contribution in [3.63, 3.8) is 0 Å². The minimum atomic E-state index is -0.0514. The van der Waals surface area contributed by atoms with Crippen LogP contribution in [0.4, 0.5) is 0 Å². The summed E-state index contributed by atoms with van der Waals surface area (Å²) in [4.78, 5) is 0. The molecule has 3 nitrogen and oxygen atoms in total. The molecule has 0 saturated carbocycles. The van der Waals surface area contributed by atoms with Crippen molar-refractivity contribution in [2.45, 2.75) is 105 Å². The molecule has 0 unspecified atom stereocenters. The van der Waals surface area contributed by atoms with E-state index in [0.717, 1.165) is 11.1 Å². The van der Waals surface area contributed by atoms with E-state index in [9.17, 15) is 5.26 Å². The van der Waals surface area contributed by atoms with Gasteiger partial charge in [-0.05, 0) is 126 Å². The van der Waals surface area contributed by atoms with Crippen molar-refractivity contribution in [1.29, 1.82) is 5.26 Å². The summed E-state index contributed by atoms with van der Waals surface area (Å²) < 4.78 is 5.15. The Morgan fingerprint density at radius 1 is 0.474 bits per heavy atom. The van der Waals surface area contributed by atoms with Crippen molar-refractivity contribution in [2.75, 3.05) is 0 Å². The Kier molecular flexibility index (Phi) is 7.12. The number of rotatable bonds is 1. The molecule has 0 spiro atoms. The van der Waals surface area contributed by atoms with Crippen molar-refractivity contribution < 1.29 is 0 Å². The maximum absolute atomic E-state index is 10.4. The van der Waals surface area contributed by atoms with Crippen LogP contribution in [-0.2, 0) is 21.7 Å². The molecule has 0 saturated heterocycles. The molecule has 2 aliphatic rings. The second-order valence-corrected chi connectivity index (χ2v) is 21.1. The van der Waals surface area contributed by atoms with Gasteiger partial charge >= 0.3 is 0 Å². The van der Waals surface area contributed by atoms with E-state index < -0.39 is 0 Å². The zero-order chi connectivity index (χ0) is 40.3. The van der Waals surface area contributed by atoms with Crippen LogP contribution in [0.2, 0.25) is 0 Å². The predicted octanol–water partition coefficient (Wildman–Crippen LogP) is 11.8. The summed E-state index contributed by atoms with van der Waals surface area (Å²) in [7, 11) is 0. The number of hydrogen-bond donors (Lipinski definition) is 0. The molecular weight excluding hydrogens is 689 g/mol. The predicted molar refractivity (Wildman–Crippen MR) is 245 cm³/mol. The third-order valence-electron chi connectivity index (χ3n) is 13.1. The fourth-order valence-electron chi connectivity index (χ4n) is 9.85. The maximum Gasteiger partial charge on any atom is 0.252 e. The van der Waals surface area contributed by atoms with E-state index in [4.69, 9.17) is 0 Å². The molecule has 8 aromatic rings. The number of benzene rings is 6. The Bertz CT molecular complexity index is 2930. The summed E-state index contributed by atoms with van der Waals surface area (Å²) in [5.41, 5.74) is 19.6. The first-order valence-corrected chi connectivity index (χ1v) is 20.7. The molecule has 0 fully saturated rings. The zero-order valence-corrected chi connectivity index (χ0v) is 35.7. The highest BCUT2D eigenvalue weighted by molar-refractivity contribution is 7.00. The average molecular weight is 742 g/mol. The van der Waals surface area contributed by atoms with E-state index >= 15 is 0 Å². The van der Waals surface area contributed by atoms with Gasteiger partial charge in [-0.3, -0.25) is 0 Å². The van der Waals surface area contributed by atoms with Crippen molar-refractivity contribution >= 4 is 66.7 Å². The summed E-state index contributed by atoms with van der Waals surface area (Å²) in [5, 5.41) is 15.7. The second kappa shape index (κ2) is 11.3. The molecule has 4 heterocycles. The normalized spacial score (nSPS) is 13.9. The summed E-state index contributed by atoms with van der Waals surface area (Å²) in [6.07, 6.45) is 0. The van der Waals surface area contributed by atoms with Gasteiger partial charge in [0.15, 0.2) is 0 Å². The SMILES string of the molecule is CC(C)(C)c1ccc2c(c1)c1cc(C(C)(C)C)cc3c1n2-c1cc(-c2ccccc2C#N)cc2c1B3c1cc(C(C)(C)C)cc3c4cc(C(C)(C)C)ccc4n-2c13. The quantitative estimate of drug-likeness (QED) is 0.154. The summed E-state index contributed by atoms with van der Waals surface area (Å²) in [6.45, 7) is 28.0. The Labute approximate surface area is 338 Å². The lowest BCUT2D eigenvalue weighted by Gasteiger charge is -2.36. The molecule has 4 heteroatoms. The lowest BCUT2D eigenvalue weighted by Crippen LogP contribution is -2.59. The molecule has 0 bridgehead atoms. The molecule has 0 amide bonds. The zero-order valence-electron chi connectivity index (χ0n) is 35.7. The van der Waals surface area contributed by atoms with Crippen LogP contribution in [0.25, 0.3) is 66.1 Å². The minimum absolute atomic E-state index is 0.00834. The number of hydrogen-bond acceptors (Lipinski definition) is 1. The molecule has 57 heavy (non-hydrogen) atoms. The van der Waals surface area contributed by atoms with E-state index in [2.05, 4.69) is 183 Å². The fourth-order valence-corrected chi connectivity index (χ4v) is 9.85. The van der Waals surface area contributed by atoms with Gasteiger partial charge in [0.2, 0.25) is 0 Å². The number of aromatic nitrogens is 2. The van der Waals surface area contributed by atoms with Crippen LogP contribution in [0.1, 0.15) is 111 Å². The van der Waals surface area contributed by atoms with Gasteiger partial charge in [0, 0.05) is 44.0 Å². The number of nitriles is 1. The van der Waals surface area contributed by atoms with Gasteiger partial charge in [-0.15, -0.1) is 0 Å². The Morgan fingerprint density at radius 3 is 1.32 bits per heavy atom. The topological polar surface area (TPSA) is 33.6 Å². The fraction of sp³-hybridized carbons (Fsp3) is 0.302. The lowest BCUT2D eigenvalue weighted by atomic mass is 9.33. The standard InChI is InChI=1S/C53H52BN3/c1-50(2,3)32-17-19-43-37(23-32)39-25-34(52(7,8)9)27-41-48(39)56(43)45-21-31(36-16-14-13-15-30(36)29-55)22-46-47(45)54(41)42-28-35(53(10,11)12)26-40-38-24-33(51(4,5)6)18-20-44(38)57(46)49(40)42/h13-28H,1-12H3. The maximum atomic E-state index is 10.4. The van der Waals surface area contributed by atoms with E-state index in [1.54, 1.807) is 0 Å². The van der Waals surface area contributed by atoms with Crippen LogP contribution in [-0.4, -0.2) is 15.8 Å². The van der Waals surface area contributed by atoms with Crippen molar-refractivity contribution in [3.8, 4) is 28.6 Å². The van der Waals surface area contributed by atoms with Crippen LogP contribution in [0, 0.1) is 11.3 Å². The Balaban J connectivity index is 1.46. The number of nitrogens with zero attached hydrogens (tertiary/aromatic N) is 3. The lowest BCUT2D eigenvalue weighted by molar-refractivity contribution is 0.590. The first-order valence-electron chi connectivity index (χ1n) is 20.7. The monoisotopic (exact) mass is 741 g/mol. The van der Waals surface area contributed by atoms with Gasteiger partial charge in [-0.2, -0.15) is 5.26 Å². The van der Waals surface area contributed by atoms with Crippen molar-refractivity contribution in [1.82, 2.24) is 9.13 Å². The highest BCUT2D eigenvalue weighted by Crippen LogP contribution is 2.44. The van der Waals surface area contributed by atoms with Crippen molar-refractivity contribution in [3.05, 3.63) is 125 Å². The van der Waals surface area contributed by atoms with E-state index in [1.807, 2.05) is 12.1 Å². The summed E-state index contributed by atoms with van der Waals surface area (Å²) >= 11 is 0. The van der Waals surface area contributed by atoms with E-state index in [-0.39, 0.29) is 28.4 Å². The van der Waals surface area contributed by atoms with Crippen LogP contribution >= 0.6 is 0 Å². The summed E-state index contributed by atoms with van der Waals surface area (Å²) in [5.74, 6) is 0. The highest BCUT2D eigenvalue weighted by Gasteiger charge is 2.43. The first-order chi connectivity index (χ1) is 26.8. The first kappa shape index (κ1) is 35.9. The largest absolute Gasteiger partial charge is 0.310 e. The van der Waals surface area contributed by atoms with Gasteiger partial charge < -0.3 is 9.13 Å². The molecule has 6 aromatic carbocycles. The van der Waals surface area contributed by atoms with Gasteiger partial charge in [0.25, 0.3) is 6.71 Å². The van der Waals surface area contributed by atoms with Crippen molar-refractivity contribution in [2.24, 2.45) is 0 Å². The Morgan fingerprint density at radius 2 is 0.895 bits per heavy atom. The highest BCUT2D eigenvalue weighted by atomic mass is 15.0. The third kappa shape index (κ3) is 5.04. The van der Waals surface area contributed by atoms with Crippen LogP contribution in [0.15, 0.2) is 97.1 Å². The minimum Gasteiger partial charge on any atom is -0.310 e. The van der Waals surface area contributed by atoms with E-state index in [0.29, 0.717) is 5.56 Å². The molecule has 0 atom stereocenters. The van der Waals surface area contributed by atoms with Gasteiger partial charge in [0.05, 0.1) is 22.7 Å². The van der Waals surface area contributed by atoms with Gasteiger partial charge in [-0.25, -0.2) is 0 Å². The van der Waals surface area contributed by atoms with Crippen LogP contribution in [0.3, 0.4) is 0 Å². The average Bonchev–Trinajstić information content (AvgIpc) is 3.66. The molecular formula is C53H52BN3. The van der Waals surface area contributed by atoms with Gasteiger partial charge in [-0.1, -0.05) is 126 Å².